The number of carbonyl (C=O) groups is 1. The van der Waals surface area contributed by atoms with Gasteiger partial charge >= 0.3 is 0 Å². The number of anilines is 2. The van der Waals surface area contributed by atoms with Gasteiger partial charge in [0.05, 0.1) is 11.5 Å². The van der Waals surface area contributed by atoms with E-state index in [1.807, 2.05) is 38.1 Å². The predicted octanol–water partition coefficient (Wildman–Crippen LogP) is 4.35. The number of rotatable bonds is 6. The third-order valence-corrected chi connectivity index (χ3v) is 4.75. The number of hydrogen-bond acceptors (Lipinski definition) is 5. The molecule has 2 aromatic carbocycles. The fourth-order valence-corrected chi connectivity index (χ4v) is 2.98. The highest BCUT2D eigenvalue weighted by atomic mass is 16.6. The van der Waals surface area contributed by atoms with E-state index in [0.29, 0.717) is 11.4 Å². The van der Waals surface area contributed by atoms with Gasteiger partial charge in [0.25, 0.3) is 5.69 Å². The number of likely N-dealkylation sites (N-methyl/N-ethyl adjacent to an activating group) is 1. The summed E-state index contributed by atoms with van der Waals surface area (Å²) in [5, 5.41) is 14.3. The van der Waals surface area contributed by atoms with Gasteiger partial charge in [0.1, 0.15) is 5.82 Å². The van der Waals surface area contributed by atoms with Crippen LogP contribution in [0.25, 0.3) is 11.3 Å². The van der Waals surface area contributed by atoms with Gasteiger partial charge in [-0.25, -0.2) is 4.98 Å². The molecule has 0 aliphatic heterocycles. The van der Waals surface area contributed by atoms with Crippen LogP contribution in [0.5, 0.6) is 0 Å². The molecule has 1 heterocycles. The van der Waals surface area contributed by atoms with Crippen LogP contribution in [0.4, 0.5) is 17.2 Å². The van der Waals surface area contributed by atoms with E-state index in [1.165, 1.54) is 6.07 Å². The van der Waals surface area contributed by atoms with Crippen LogP contribution in [0.3, 0.4) is 0 Å². The Kier molecular flexibility index (Phi) is 5.87. The number of nitrogens with zero attached hydrogens (tertiary/aromatic N) is 3. The Labute approximate surface area is 169 Å². The van der Waals surface area contributed by atoms with Crippen LogP contribution in [-0.2, 0) is 4.79 Å². The van der Waals surface area contributed by atoms with E-state index < -0.39 is 4.92 Å². The van der Waals surface area contributed by atoms with E-state index in [9.17, 15) is 14.9 Å². The van der Waals surface area contributed by atoms with Crippen molar-refractivity contribution in [1.82, 2.24) is 4.98 Å². The Bertz CT molecular complexity index is 1050. The standard InChI is InChI=1S/C22H22N4O3/c1-15-8-7-11-18(16(15)2)23-21(27)14-25(3)20-13-12-19(26(28)29)22(24-20)17-9-5-4-6-10-17/h4-13H,14H2,1-3H3,(H,23,27). The zero-order valence-electron chi connectivity index (χ0n) is 16.5. The number of benzene rings is 2. The van der Waals surface area contributed by atoms with Crippen LogP contribution in [0, 0.1) is 24.0 Å². The summed E-state index contributed by atoms with van der Waals surface area (Å²) in [5.74, 6) is 0.285. The van der Waals surface area contributed by atoms with E-state index in [4.69, 9.17) is 0 Å². The Morgan fingerprint density at radius 1 is 1.07 bits per heavy atom. The maximum absolute atomic E-state index is 12.5. The van der Waals surface area contributed by atoms with Crippen LogP contribution < -0.4 is 10.2 Å². The average molecular weight is 390 g/mol. The highest BCUT2D eigenvalue weighted by Gasteiger charge is 2.19. The molecule has 0 radical (unpaired) electrons. The van der Waals surface area contributed by atoms with Crippen LogP contribution in [0.2, 0.25) is 0 Å². The summed E-state index contributed by atoms with van der Waals surface area (Å²) in [5.41, 5.74) is 3.73. The maximum atomic E-state index is 12.5. The molecular formula is C22H22N4O3. The quantitative estimate of drug-likeness (QED) is 0.499. The van der Waals surface area contributed by atoms with Crippen molar-refractivity contribution in [3.63, 3.8) is 0 Å². The van der Waals surface area contributed by atoms with Crippen molar-refractivity contribution in [3.05, 3.63) is 81.9 Å². The molecule has 1 N–H and O–H groups in total. The van der Waals surface area contributed by atoms with Crippen LogP contribution in [0.1, 0.15) is 11.1 Å². The highest BCUT2D eigenvalue weighted by molar-refractivity contribution is 5.94. The molecule has 0 saturated heterocycles. The highest BCUT2D eigenvalue weighted by Crippen LogP contribution is 2.30. The Hall–Kier alpha value is -3.74. The molecule has 0 spiro atoms. The summed E-state index contributed by atoms with van der Waals surface area (Å²) in [7, 11) is 1.73. The van der Waals surface area contributed by atoms with Gasteiger partial charge in [-0.15, -0.1) is 0 Å². The van der Waals surface area contributed by atoms with Crippen LogP contribution in [0.15, 0.2) is 60.7 Å². The molecule has 0 bridgehead atoms. The molecule has 0 fully saturated rings. The third-order valence-electron chi connectivity index (χ3n) is 4.75. The lowest BCUT2D eigenvalue weighted by Gasteiger charge is -2.19. The second-order valence-electron chi connectivity index (χ2n) is 6.81. The fourth-order valence-electron chi connectivity index (χ4n) is 2.98. The Balaban J connectivity index is 1.82. The summed E-state index contributed by atoms with van der Waals surface area (Å²) in [4.78, 5) is 29.6. The second-order valence-corrected chi connectivity index (χ2v) is 6.81. The molecule has 0 aliphatic rings. The second kappa shape index (κ2) is 8.52. The average Bonchev–Trinajstić information content (AvgIpc) is 2.71. The van der Waals surface area contributed by atoms with Gasteiger partial charge in [-0.05, 0) is 37.1 Å². The number of hydrogen-bond donors (Lipinski definition) is 1. The molecule has 7 heteroatoms. The van der Waals surface area contributed by atoms with Gasteiger partial charge in [0, 0.05) is 24.4 Å². The SMILES string of the molecule is Cc1cccc(NC(=O)CN(C)c2ccc([N+](=O)[O-])c(-c3ccccc3)n2)c1C. The van der Waals surface area contributed by atoms with Gasteiger partial charge in [-0.1, -0.05) is 42.5 Å². The molecule has 3 aromatic rings. The lowest BCUT2D eigenvalue weighted by molar-refractivity contribution is -0.384. The maximum Gasteiger partial charge on any atom is 0.295 e. The topological polar surface area (TPSA) is 88.4 Å². The Morgan fingerprint density at radius 3 is 2.48 bits per heavy atom. The molecule has 0 saturated carbocycles. The van der Waals surface area contributed by atoms with Gasteiger partial charge in [-0.3, -0.25) is 14.9 Å². The molecular weight excluding hydrogens is 368 g/mol. The van der Waals surface area contributed by atoms with E-state index >= 15 is 0 Å². The first-order valence-corrected chi connectivity index (χ1v) is 9.15. The van der Waals surface area contributed by atoms with Crippen molar-refractivity contribution in [2.24, 2.45) is 0 Å². The third kappa shape index (κ3) is 4.57. The number of carbonyl (C=O) groups excluding carboxylic acids is 1. The molecule has 29 heavy (non-hydrogen) atoms. The minimum atomic E-state index is -0.452. The first-order chi connectivity index (χ1) is 13.9. The largest absolute Gasteiger partial charge is 0.350 e. The summed E-state index contributed by atoms with van der Waals surface area (Å²) in [6.07, 6.45) is 0. The Morgan fingerprint density at radius 2 is 1.79 bits per heavy atom. The van der Waals surface area contributed by atoms with Crippen molar-refractivity contribution >= 4 is 23.1 Å². The summed E-state index contributed by atoms with van der Waals surface area (Å²) in [6, 6.07) is 17.7. The molecule has 148 valence electrons. The fraction of sp³-hybridized carbons (Fsp3) is 0.182. The lowest BCUT2D eigenvalue weighted by Crippen LogP contribution is -2.31. The monoisotopic (exact) mass is 390 g/mol. The minimum absolute atomic E-state index is 0.0619. The van der Waals surface area contributed by atoms with Crippen LogP contribution >= 0.6 is 0 Å². The minimum Gasteiger partial charge on any atom is -0.350 e. The number of aryl methyl sites for hydroxylation is 1. The smallest absolute Gasteiger partial charge is 0.295 e. The van der Waals surface area contributed by atoms with Crippen molar-refractivity contribution in [3.8, 4) is 11.3 Å². The first kappa shape index (κ1) is 20.0. The van der Waals surface area contributed by atoms with Crippen LogP contribution in [-0.4, -0.2) is 29.4 Å². The molecule has 0 atom stereocenters. The van der Waals surface area contributed by atoms with Gasteiger partial charge in [0.2, 0.25) is 5.91 Å². The van der Waals surface area contributed by atoms with Crippen molar-refractivity contribution in [2.45, 2.75) is 13.8 Å². The zero-order chi connectivity index (χ0) is 21.0. The van der Waals surface area contributed by atoms with E-state index in [2.05, 4.69) is 10.3 Å². The number of nitro groups is 1. The van der Waals surface area contributed by atoms with Gasteiger partial charge < -0.3 is 10.2 Å². The van der Waals surface area contributed by atoms with E-state index in [1.54, 1.807) is 42.3 Å². The molecule has 7 nitrogen and oxygen atoms in total. The normalized spacial score (nSPS) is 10.4. The number of amides is 1. The number of nitrogens with one attached hydrogen (secondary N) is 1. The van der Waals surface area contributed by atoms with Gasteiger partial charge in [-0.2, -0.15) is 0 Å². The van der Waals surface area contributed by atoms with Gasteiger partial charge in [0.15, 0.2) is 5.69 Å². The van der Waals surface area contributed by atoms with Crippen molar-refractivity contribution < 1.29 is 9.72 Å². The molecule has 0 aliphatic carbocycles. The molecule has 3 rings (SSSR count). The molecule has 0 unspecified atom stereocenters. The van der Waals surface area contributed by atoms with E-state index in [0.717, 1.165) is 16.8 Å². The summed E-state index contributed by atoms with van der Waals surface area (Å²) in [6.45, 7) is 4.01. The zero-order valence-corrected chi connectivity index (χ0v) is 16.5. The first-order valence-electron chi connectivity index (χ1n) is 9.15. The summed E-state index contributed by atoms with van der Waals surface area (Å²) >= 11 is 0. The number of aromatic nitrogens is 1. The summed E-state index contributed by atoms with van der Waals surface area (Å²) < 4.78 is 0. The van der Waals surface area contributed by atoms with Crippen molar-refractivity contribution in [2.75, 3.05) is 23.8 Å². The molecule has 1 amide bonds. The number of pyridine rings is 1. The lowest BCUT2D eigenvalue weighted by atomic mass is 10.1. The predicted molar refractivity (Wildman–Crippen MR) is 114 cm³/mol. The van der Waals surface area contributed by atoms with Crippen molar-refractivity contribution in [1.29, 1.82) is 0 Å². The van der Waals surface area contributed by atoms with E-state index in [-0.39, 0.29) is 23.8 Å². The molecule has 1 aromatic heterocycles.